The van der Waals surface area contributed by atoms with Crippen molar-refractivity contribution in [2.24, 2.45) is 5.92 Å². The molecule has 6 nitrogen and oxygen atoms in total. The summed E-state index contributed by atoms with van der Waals surface area (Å²) in [4.78, 5) is 33.3. The van der Waals surface area contributed by atoms with Gasteiger partial charge < -0.3 is 5.32 Å². The molecule has 3 amide bonds. The number of imide groups is 1. The third kappa shape index (κ3) is 3.27. The molecule has 1 saturated heterocycles. The minimum Gasteiger partial charge on any atom is -0.323 e. The molecule has 2 heterocycles. The zero-order chi connectivity index (χ0) is 17.4. The number of nitrogens with zero attached hydrogens (tertiary/aromatic N) is 3. The van der Waals surface area contributed by atoms with E-state index in [9.17, 15) is 9.59 Å². The molecule has 1 N–H and O–H groups in total. The van der Waals surface area contributed by atoms with E-state index in [1.807, 2.05) is 12.1 Å². The summed E-state index contributed by atoms with van der Waals surface area (Å²) >= 11 is 0. The SMILES string of the molecule is CC1CCC2(CC1)NC(=O)N(CN(Cc1ccncc1)C1CC1)C2=O. The second-order valence-corrected chi connectivity index (χ2v) is 7.90. The van der Waals surface area contributed by atoms with E-state index in [1.54, 1.807) is 12.4 Å². The van der Waals surface area contributed by atoms with Gasteiger partial charge in [0.15, 0.2) is 0 Å². The van der Waals surface area contributed by atoms with Gasteiger partial charge in [0.25, 0.3) is 5.91 Å². The van der Waals surface area contributed by atoms with Crippen LogP contribution in [0.1, 0.15) is 51.0 Å². The second-order valence-electron chi connectivity index (χ2n) is 7.90. The number of amides is 3. The summed E-state index contributed by atoms with van der Waals surface area (Å²) in [7, 11) is 0. The molecule has 0 unspecified atom stereocenters. The first kappa shape index (κ1) is 16.5. The lowest BCUT2D eigenvalue weighted by Crippen LogP contribution is -2.50. The lowest BCUT2D eigenvalue weighted by Gasteiger charge is -2.34. The van der Waals surface area contributed by atoms with E-state index in [-0.39, 0.29) is 11.9 Å². The smallest absolute Gasteiger partial charge is 0.323 e. The zero-order valence-electron chi connectivity index (χ0n) is 14.8. The van der Waals surface area contributed by atoms with Gasteiger partial charge in [-0.25, -0.2) is 9.69 Å². The first-order valence-electron chi connectivity index (χ1n) is 9.34. The van der Waals surface area contributed by atoms with Crippen molar-refractivity contribution < 1.29 is 9.59 Å². The van der Waals surface area contributed by atoms with Crippen molar-refractivity contribution in [3.63, 3.8) is 0 Å². The highest BCUT2D eigenvalue weighted by Gasteiger charge is 2.52. The Morgan fingerprint density at radius 1 is 1.20 bits per heavy atom. The number of hydrogen-bond acceptors (Lipinski definition) is 4. The molecule has 0 bridgehead atoms. The summed E-state index contributed by atoms with van der Waals surface area (Å²) in [5.41, 5.74) is 0.519. The maximum Gasteiger partial charge on any atom is 0.326 e. The summed E-state index contributed by atoms with van der Waals surface area (Å²) in [6, 6.07) is 4.23. The van der Waals surface area contributed by atoms with Crippen molar-refractivity contribution in [1.82, 2.24) is 20.1 Å². The molecule has 6 heteroatoms. The third-order valence-electron chi connectivity index (χ3n) is 5.90. The van der Waals surface area contributed by atoms with Gasteiger partial charge in [-0.3, -0.25) is 14.7 Å². The van der Waals surface area contributed by atoms with Crippen LogP contribution in [0.3, 0.4) is 0 Å². The number of hydrogen-bond donors (Lipinski definition) is 1. The molecule has 3 aliphatic rings. The fraction of sp³-hybridized carbons (Fsp3) is 0.632. The highest BCUT2D eigenvalue weighted by atomic mass is 16.2. The maximum absolute atomic E-state index is 13.0. The molecule has 1 aromatic heterocycles. The normalized spacial score (nSPS) is 29.5. The van der Waals surface area contributed by atoms with Crippen molar-refractivity contribution in [2.45, 2.75) is 63.6 Å². The van der Waals surface area contributed by atoms with Crippen LogP contribution in [0.4, 0.5) is 4.79 Å². The number of aromatic nitrogens is 1. The quantitative estimate of drug-likeness (QED) is 0.835. The standard InChI is InChI=1S/C19H26N4O2/c1-14-4-8-19(9-5-14)17(24)23(18(25)21-19)13-22(16-2-3-16)12-15-6-10-20-11-7-15/h6-7,10-11,14,16H,2-5,8-9,12-13H2,1H3,(H,21,25). The number of carbonyl (C=O) groups is 2. The van der Waals surface area contributed by atoms with Crippen LogP contribution in [0.5, 0.6) is 0 Å². The van der Waals surface area contributed by atoms with E-state index in [2.05, 4.69) is 22.1 Å². The molecule has 0 aromatic carbocycles. The second kappa shape index (κ2) is 6.41. The molecular formula is C19H26N4O2. The molecule has 2 aliphatic carbocycles. The monoisotopic (exact) mass is 342 g/mol. The summed E-state index contributed by atoms with van der Waals surface area (Å²) < 4.78 is 0. The van der Waals surface area contributed by atoms with Crippen LogP contribution in [-0.4, -0.2) is 45.0 Å². The lowest BCUT2D eigenvalue weighted by molar-refractivity contribution is -0.134. The van der Waals surface area contributed by atoms with Gasteiger partial charge in [0.1, 0.15) is 5.54 Å². The van der Waals surface area contributed by atoms with Crippen molar-refractivity contribution in [3.05, 3.63) is 30.1 Å². The van der Waals surface area contributed by atoms with Crippen LogP contribution < -0.4 is 5.32 Å². The van der Waals surface area contributed by atoms with E-state index in [0.29, 0.717) is 18.6 Å². The van der Waals surface area contributed by atoms with Gasteiger partial charge in [0.2, 0.25) is 0 Å². The fourth-order valence-electron chi connectivity index (χ4n) is 4.04. The summed E-state index contributed by atoms with van der Waals surface area (Å²) in [5.74, 6) is 0.615. The Morgan fingerprint density at radius 3 is 2.52 bits per heavy atom. The predicted molar refractivity (Wildman–Crippen MR) is 93.4 cm³/mol. The molecule has 3 fully saturated rings. The van der Waals surface area contributed by atoms with Crippen molar-refractivity contribution in [1.29, 1.82) is 0 Å². The minimum absolute atomic E-state index is 0.0234. The van der Waals surface area contributed by atoms with Crippen molar-refractivity contribution >= 4 is 11.9 Å². The Morgan fingerprint density at radius 2 is 1.88 bits per heavy atom. The highest BCUT2D eigenvalue weighted by Crippen LogP contribution is 2.37. The molecule has 1 spiro atoms. The molecule has 1 aliphatic heterocycles. The zero-order valence-corrected chi connectivity index (χ0v) is 14.8. The Kier molecular flexibility index (Phi) is 4.23. The van der Waals surface area contributed by atoms with Gasteiger partial charge >= 0.3 is 6.03 Å². The van der Waals surface area contributed by atoms with Gasteiger partial charge in [0, 0.05) is 25.0 Å². The summed E-state index contributed by atoms with van der Waals surface area (Å²) in [5, 5.41) is 3.02. The summed E-state index contributed by atoms with van der Waals surface area (Å²) in [6.07, 6.45) is 9.38. The number of nitrogens with one attached hydrogen (secondary N) is 1. The first-order valence-corrected chi connectivity index (χ1v) is 9.34. The van der Waals surface area contributed by atoms with Crippen molar-refractivity contribution in [3.8, 4) is 0 Å². The Bertz CT molecular complexity index is 651. The van der Waals surface area contributed by atoms with Gasteiger partial charge in [-0.05, 0) is 62.1 Å². The van der Waals surface area contributed by atoms with Crippen LogP contribution in [-0.2, 0) is 11.3 Å². The fourth-order valence-corrected chi connectivity index (χ4v) is 4.04. The molecule has 25 heavy (non-hydrogen) atoms. The van der Waals surface area contributed by atoms with E-state index >= 15 is 0 Å². The van der Waals surface area contributed by atoms with Crippen LogP contribution in [0, 0.1) is 5.92 Å². The Hall–Kier alpha value is -1.95. The first-order chi connectivity index (χ1) is 12.1. The predicted octanol–water partition coefficient (Wildman–Crippen LogP) is 2.50. The van der Waals surface area contributed by atoms with Gasteiger partial charge in [-0.2, -0.15) is 0 Å². The van der Waals surface area contributed by atoms with Crippen LogP contribution >= 0.6 is 0 Å². The number of pyridine rings is 1. The molecule has 134 valence electrons. The van der Waals surface area contributed by atoms with Crippen LogP contribution in [0.15, 0.2) is 24.5 Å². The molecule has 4 rings (SSSR count). The van der Waals surface area contributed by atoms with E-state index in [1.165, 1.54) is 4.90 Å². The van der Waals surface area contributed by atoms with E-state index < -0.39 is 5.54 Å². The Labute approximate surface area is 148 Å². The van der Waals surface area contributed by atoms with Gasteiger partial charge in [0.05, 0.1) is 6.67 Å². The molecule has 2 saturated carbocycles. The van der Waals surface area contributed by atoms with E-state index in [0.717, 1.165) is 50.6 Å². The number of urea groups is 1. The molecule has 1 aromatic rings. The minimum atomic E-state index is -0.643. The van der Waals surface area contributed by atoms with Crippen LogP contribution in [0.2, 0.25) is 0 Å². The van der Waals surface area contributed by atoms with Gasteiger partial charge in [-0.15, -0.1) is 0 Å². The number of carbonyl (C=O) groups excluding carboxylic acids is 2. The molecule has 0 radical (unpaired) electrons. The number of rotatable bonds is 5. The van der Waals surface area contributed by atoms with Crippen molar-refractivity contribution in [2.75, 3.05) is 6.67 Å². The van der Waals surface area contributed by atoms with E-state index in [4.69, 9.17) is 0 Å². The van der Waals surface area contributed by atoms with Crippen LogP contribution in [0.25, 0.3) is 0 Å². The Balaban J connectivity index is 1.47. The van der Waals surface area contributed by atoms with Gasteiger partial charge in [-0.1, -0.05) is 6.92 Å². The average molecular weight is 342 g/mol. The average Bonchev–Trinajstić information content (AvgIpc) is 3.43. The molecule has 0 atom stereocenters. The lowest BCUT2D eigenvalue weighted by atomic mass is 9.77. The highest BCUT2D eigenvalue weighted by molar-refractivity contribution is 6.07. The topological polar surface area (TPSA) is 65.5 Å². The molecular weight excluding hydrogens is 316 g/mol. The summed E-state index contributed by atoms with van der Waals surface area (Å²) in [6.45, 7) is 3.35. The maximum atomic E-state index is 13.0. The third-order valence-corrected chi connectivity index (χ3v) is 5.90. The largest absolute Gasteiger partial charge is 0.326 e.